The quantitative estimate of drug-likeness (QED) is 0.588. The molecule has 0 atom stereocenters. The average Bonchev–Trinajstić information content (AvgIpc) is 2.76. The van der Waals surface area contributed by atoms with Gasteiger partial charge >= 0.3 is 0 Å². The second-order valence-corrected chi connectivity index (χ2v) is 9.83. The van der Waals surface area contributed by atoms with Crippen molar-refractivity contribution in [3.05, 3.63) is 59.1 Å². The third kappa shape index (κ3) is 6.45. The number of halogens is 1. The topological polar surface area (TPSA) is 84.0 Å². The van der Waals surface area contributed by atoms with Gasteiger partial charge in [-0.25, -0.2) is 8.42 Å². The Morgan fingerprint density at radius 2 is 1.65 bits per heavy atom. The lowest BCUT2D eigenvalue weighted by Gasteiger charge is -2.35. The van der Waals surface area contributed by atoms with Crippen molar-refractivity contribution in [2.24, 2.45) is 0 Å². The van der Waals surface area contributed by atoms with Gasteiger partial charge in [0.15, 0.2) is 9.84 Å². The summed E-state index contributed by atoms with van der Waals surface area (Å²) in [5.41, 5.74) is 0.550. The molecule has 166 valence electrons. The molecule has 0 aliphatic carbocycles. The van der Waals surface area contributed by atoms with Crippen LogP contribution in [0, 0.1) is 0 Å². The van der Waals surface area contributed by atoms with Crippen molar-refractivity contribution in [3.63, 3.8) is 0 Å². The normalized spacial score (nSPS) is 14.4. The molecule has 0 radical (unpaired) electrons. The van der Waals surface area contributed by atoms with E-state index >= 15 is 0 Å². The van der Waals surface area contributed by atoms with Gasteiger partial charge in [0, 0.05) is 49.4 Å². The number of hydrogen-bond donors (Lipinski definition) is 0. The molecule has 1 fully saturated rings. The molecule has 1 saturated heterocycles. The lowest BCUT2D eigenvalue weighted by molar-refractivity contribution is -0.132. The highest BCUT2D eigenvalue weighted by Crippen LogP contribution is 2.17. The Hall–Kier alpha value is -2.58. The Morgan fingerprint density at radius 3 is 2.26 bits per heavy atom. The molecule has 0 bridgehead atoms. The molecular formula is C22H25ClN2O5S. The van der Waals surface area contributed by atoms with E-state index in [0.29, 0.717) is 62.0 Å². The van der Waals surface area contributed by atoms with Crippen molar-refractivity contribution in [1.29, 1.82) is 0 Å². The molecule has 0 N–H and O–H groups in total. The van der Waals surface area contributed by atoms with E-state index in [1.807, 2.05) is 0 Å². The largest absolute Gasteiger partial charge is 0.494 e. The molecule has 2 aromatic carbocycles. The summed E-state index contributed by atoms with van der Waals surface area (Å²) >= 11 is 5.96. The summed E-state index contributed by atoms with van der Waals surface area (Å²) in [6.07, 6.45) is 2.06. The van der Waals surface area contributed by atoms with E-state index in [9.17, 15) is 18.0 Å². The van der Waals surface area contributed by atoms with Crippen LogP contribution in [0.3, 0.4) is 0 Å². The molecule has 31 heavy (non-hydrogen) atoms. The number of hydrogen-bond acceptors (Lipinski definition) is 5. The zero-order chi connectivity index (χ0) is 22.4. The number of sulfone groups is 1. The summed E-state index contributed by atoms with van der Waals surface area (Å²) in [5.74, 6) is 0.517. The van der Waals surface area contributed by atoms with Crippen LogP contribution in [0.15, 0.2) is 53.4 Å². The summed E-state index contributed by atoms with van der Waals surface area (Å²) in [4.78, 5) is 28.7. The van der Waals surface area contributed by atoms with Crippen LogP contribution in [0.1, 0.15) is 23.2 Å². The van der Waals surface area contributed by atoms with E-state index < -0.39 is 9.84 Å². The van der Waals surface area contributed by atoms with Crippen molar-refractivity contribution in [2.75, 3.05) is 39.0 Å². The second-order valence-electron chi connectivity index (χ2n) is 7.38. The highest BCUT2D eigenvalue weighted by atomic mass is 35.5. The number of carbonyl (C=O) groups excluding carboxylic acids is 2. The van der Waals surface area contributed by atoms with Crippen LogP contribution >= 0.6 is 11.6 Å². The summed E-state index contributed by atoms with van der Waals surface area (Å²) in [7, 11) is -3.23. The number of rotatable bonds is 7. The Balaban J connectivity index is 1.39. The summed E-state index contributed by atoms with van der Waals surface area (Å²) in [6, 6.07) is 13.1. The molecule has 0 unspecified atom stereocenters. The van der Waals surface area contributed by atoms with E-state index in [4.69, 9.17) is 16.3 Å². The first-order valence-electron chi connectivity index (χ1n) is 9.99. The van der Waals surface area contributed by atoms with Crippen LogP contribution in [-0.2, 0) is 14.6 Å². The molecular weight excluding hydrogens is 440 g/mol. The van der Waals surface area contributed by atoms with Crippen molar-refractivity contribution < 1.29 is 22.7 Å². The van der Waals surface area contributed by atoms with Crippen molar-refractivity contribution >= 4 is 33.3 Å². The first kappa shape index (κ1) is 23.1. The summed E-state index contributed by atoms with van der Waals surface area (Å²) in [6.45, 7) is 2.33. The zero-order valence-corrected chi connectivity index (χ0v) is 18.9. The molecule has 7 nitrogen and oxygen atoms in total. The Morgan fingerprint density at radius 1 is 1.00 bits per heavy atom. The van der Waals surface area contributed by atoms with Crippen molar-refractivity contribution in [2.45, 2.75) is 17.7 Å². The Labute approximate surface area is 187 Å². The van der Waals surface area contributed by atoms with Gasteiger partial charge in [0.25, 0.3) is 5.91 Å². The third-order valence-electron chi connectivity index (χ3n) is 5.05. The van der Waals surface area contributed by atoms with Crippen LogP contribution < -0.4 is 4.74 Å². The van der Waals surface area contributed by atoms with Gasteiger partial charge in [-0.15, -0.1) is 0 Å². The number of ether oxygens (including phenoxy) is 1. The minimum atomic E-state index is -3.23. The molecule has 1 heterocycles. The lowest BCUT2D eigenvalue weighted by Crippen LogP contribution is -2.50. The van der Waals surface area contributed by atoms with E-state index in [1.54, 1.807) is 46.2 Å². The van der Waals surface area contributed by atoms with Crippen LogP contribution in [0.25, 0.3) is 0 Å². The highest BCUT2D eigenvalue weighted by Gasteiger charge is 2.24. The Bertz CT molecular complexity index is 1030. The minimum absolute atomic E-state index is 0.0332. The van der Waals surface area contributed by atoms with Gasteiger partial charge in [-0.1, -0.05) is 17.7 Å². The number of benzene rings is 2. The van der Waals surface area contributed by atoms with Gasteiger partial charge in [0.05, 0.1) is 11.5 Å². The van der Waals surface area contributed by atoms with Gasteiger partial charge in [0.1, 0.15) is 5.75 Å². The van der Waals surface area contributed by atoms with Gasteiger partial charge in [0.2, 0.25) is 5.91 Å². The van der Waals surface area contributed by atoms with Gasteiger partial charge in [-0.05, 0) is 48.9 Å². The first-order chi connectivity index (χ1) is 14.7. The van der Waals surface area contributed by atoms with Gasteiger partial charge in [-0.2, -0.15) is 0 Å². The first-order valence-corrected chi connectivity index (χ1v) is 12.3. The monoisotopic (exact) mass is 464 g/mol. The summed E-state index contributed by atoms with van der Waals surface area (Å²) in [5, 5.41) is 0.522. The fraction of sp³-hybridized carbons (Fsp3) is 0.364. The number of carbonyl (C=O) groups is 2. The lowest BCUT2D eigenvalue weighted by atomic mass is 10.1. The maximum atomic E-state index is 12.6. The molecule has 2 amide bonds. The van der Waals surface area contributed by atoms with Crippen LogP contribution in [0.2, 0.25) is 5.02 Å². The molecule has 1 aliphatic rings. The van der Waals surface area contributed by atoms with Crippen molar-refractivity contribution in [3.8, 4) is 5.75 Å². The zero-order valence-electron chi connectivity index (χ0n) is 17.3. The molecule has 0 saturated carbocycles. The van der Waals surface area contributed by atoms with E-state index in [-0.39, 0.29) is 16.7 Å². The fourth-order valence-corrected chi connectivity index (χ4v) is 4.14. The molecule has 3 rings (SSSR count). The smallest absolute Gasteiger partial charge is 0.254 e. The number of amides is 2. The SMILES string of the molecule is CS(=O)(=O)c1ccc(OCCCC(=O)N2CCN(C(=O)c3cccc(Cl)c3)CC2)cc1. The predicted molar refractivity (Wildman–Crippen MR) is 118 cm³/mol. The van der Waals surface area contributed by atoms with E-state index in [0.717, 1.165) is 6.26 Å². The molecule has 2 aromatic rings. The number of nitrogens with zero attached hydrogens (tertiary/aromatic N) is 2. The molecule has 9 heteroatoms. The van der Waals surface area contributed by atoms with E-state index in [2.05, 4.69) is 0 Å². The maximum absolute atomic E-state index is 12.6. The van der Waals surface area contributed by atoms with Crippen molar-refractivity contribution in [1.82, 2.24) is 9.80 Å². The van der Waals surface area contributed by atoms with Crippen LogP contribution in [0.5, 0.6) is 5.75 Å². The number of piperazine rings is 1. The standard InChI is InChI=1S/C22H25ClN2O5S/c1-31(28,29)20-9-7-19(8-10-20)30-15-3-6-21(26)24-11-13-25(14-12-24)22(27)17-4-2-5-18(23)16-17/h2,4-5,7-10,16H,3,6,11-15H2,1H3. The highest BCUT2D eigenvalue weighted by molar-refractivity contribution is 7.90. The average molecular weight is 465 g/mol. The second kappa shape index (κ2) is 10.2. The van der Waals surface area contributed by atoms with Gasteiger partial charge in [-0.3, -0.25) is 9.59 Å². The fourth-order valence-electron chi connectivity index (χ4n) is 3.32. The minimum Gasteiger partial charge on any atom is -0.494 e. The Kier molecular flexibility index (Phi) is 7.56. The van der Waals surface area contributed by atoms with E-state index in [1.165, 1.54) is 12.1 Å². The third-order valence-corrected chi connectivity index (χ3v) is 6.41. The molecule has 0 spiro atoms. The van der Waals surface area contributed by atoms with Gasteiger partial charge < -0.3 is 14.5 Å². The predicted octanol–water partition coefficient (Wildman–Crippen LogP) is 2.89. The van der Waals surface area contributed by atoms with Crippen LogP contribution in [0.4, 0.5) is 0 Å². The summed E-state index contributed by atoms with van der Waals surface area (Å²) < 4.78 is 28.5. The maximum Gasteiger partial charge on any atom is 0.254 e. The molecule has 1 aliphatic heterocycles. The molecule has 0 aromatic heterocycles. The van der Waals surface area contributed by atoms with Crippen LogP contribution in [-0.4, -0.2) is 69.1 Å².